The highest BCUT2D eigenvalue weighted by molar-refractivity contribution is 6.32. The Hall–Kier alpha value is -1.13. The van der Waals surface area contributed by atoms with Crippen molar-refractivity contribution in [3.63, 3.8) is 0 Å². The fraction of sp³-hybridized carbons (Fsp3) is 0.333. The maximum Gasteiger partial charge on any atom is 0.154 e. The van der Waals surface area contributed by atoms with E-state index in [-0.39, 0.29) is 0 Å². The fourth-order valence-corrected chi connectivity index (χ4v) is 1.52. The van der Waals surface area contributed by atoms with Crippen molar-refractivity contribution in [2.45, 2.75) is 6.42 Å². The Bertz CT molecular complexity index is 441. The number of rotatable bonds is 3. The maximum absolute atomic E-state index is 5.90. The molecule has 0 radical (unpaired) electrons. The van der Waals surface area contributed by atoms with E-state index in [0.29, 0.717) is 11.8 Å². The van der Waals surface area contributed by atoms with Crippen molar-refractivity contribution in [2.75, 3.05) is 13.7 Å². The second-order valence-electron chi connectivity index (χ2n) is 2.89. The van der Waals surface area contributed by atoms with Crippen molar-refractivity contribution in [1.82, 2.24) is 14.4 Å². The number of nitrogens with zero attached hydrogens (tertiary/aromatic N) is 3. The molecule has 0 saturated heterocycles. The average molecular weight is 212 g/mol. The van der Waals surface area contributed by atoms with Gasteiger partial charge in [0.1, 0.15) is 11.3 Å². The van der Waals surface area contributed by atoms with Gasteiger partial charge in [0, 0.05) is 25.9 Å². The smallest absolute Gasteiger partial charge is 0.154 e. The van der Waals surface area contributed by atoms with Crippen molar-refractivity contribution in [3.05, 3.63) is 29.6 Å². The van der Waals surface area contributed by atoms with Crippen LogP contribution >= 0.6 is 11.6 Å². The first-order chi connectivity index (χ1) is 6.83. The van der Waals surface area contributed by atoms with Gasteiger partial charge in [0.25, 0.3) is 0 Å². The molecule has 0 aromatic carbocycles. The molecule has 0 aliphatic rings. The van der Waals surface area contributed by atoms with Gasteiger partial charge in [-0.15, -0.1) is 0 Å². The molecule has 0 fully saturated rings. The van der Waals surface area contributed by atoms with Crippen LogP contribution in [0.25, 0.3) is 5.52 Å². The monoisotopic (exact) mass is 211 g/mol. The molecule has 0 N–H and O–H groups in total. The van der Waals surface area contributed by atoms with E-state index in [1.54, 1.807) is 19.5 Å². The predicted molar refractivity (Wildman–Crippen MR) is 53.6 cm³/mol. The zero-order valence-electron chi connectivity index (χ0n) is 7.77. The molecule has 0 bridgehead atoms. The lowest BCUT2D eigenvalue weighted by Gasteiger charge is -2.00. The number of halogens is 1. The van der Waals surface area contributed by atoms with E-state index in [0.717, 1.165) is 17.8 Å². The van der Waals surface area contributed by atoms with Crippen LogP contribution in [0.1, 0.15) is 5.82 Å². The van der Waals surface area contributed by atoms with Gasteiger partial charge in [-0.1, -0.05) is 11.6 Å². The molecule has 2 rings (SSSR count). The maximum atomic E-state index is 5.90. The van der Waals surface area contributed by atoms with Crippen molar-refractivity contribution < 1.29 is 4.74 Å². The van der Waals surface area contributed by atoms with E-state index < -0.39 is 0 Å². The lowest BCUT2D eigenvalue weighted by Crippen LogP contribution is -2.00. The van der Waals surface area contributed by atoms with Gasteiger partial charge in [0.2, 0.25) is 0 Å². The predicted octanol–water partition coefficient (Wildman–Crippen LogP) is 1.57. The molecule has 0 saturated carbocycles. The normalized spacial score (nSPS) is 11.0. The van der Waals surface area contributed by atoms with Crippen molar-refractivity contribution >= 4 is 17.1 Å². The molecule has 2 aromatic rings. The van der Waals surface area contributed by atoms with E-state index in [1.807, 2.05) is 10.6 Å². The lowest BCUT2D eigenvalue weighted by molar-refractivity contribution is 0.200. The van der Waals surface area contributed by atoms with E-state index in [4.69, 9.17) is 16.3 Å². The molecule has 0 amide bonds. The molecule has 0 aliphatic heterocycles. The highest BCUT2D eigenvalue weighted by Crippen LogP contribution is 2.14. The third-order valence-corrected chi connectivity index (χ3v) is 2.31. The zero-order chi connectivity index (χ0) is 9.97. The van der Waals surface area contributed by atoms with Crippen LogP contribution in [0.15, 0.2) is 18.6 Å². The van der Waals surface area contributed by atoms with Gasteiger partial charge in [0.15, 0.2) is 5.15 Å². The highest BCUT2D eigenvalue weighted by Gasteiger charge is 2.05. The molecule has 5 heteroatoms. The number of methoxy groups -OCH3 is 1. The first-order valence-corrected chi connectivity index (χ1v) is 4.66. The van der Waals surface area contributed by atoms with Gasteiger partial charge in [0.05, 0.1) is 12.8 Å². The molecule has 0 spiro atoms. The van der Waals surface area contributed by atoms with Crippen LogP contribution < -0.4 is 0 Å². The van der Waals surface area contributed by atoms with Crippen LogP contribution in [0.5, 0.6) is 0 Å². The Morgan fingerprint density at radius 3 is 3.14 bits per heavy atom. The summed E-state index contributed by atoms with van der Waals surface area (Å²) in [5.41, 5.74) is 0.834. The molecule has 0 atom stereocenters. The Morgan fingerprint density at radius 1 is 1.50 bits per heavy atom. The Labute approximate surface area is 86.5 Å². The van der Waals surface area contributed by atoms with Gasteiger partial charge in [-0.3, -0.25) is 4.40 Å². The number of hydrogen-bond donors (Lipinski definition) is 0. The average Bonchev–Trinajstić information content (AvgIpc) is 2.60. The van der Waals surface area contributed by atoms with Crippen LogP contribution in [0.3, 0.4) is 0 Å². The van der Waals surface area contributed by atoms with E-state index in [9.17, 15) is 0 Å². The van der Waals surface area contributed by atoms with Gasteiger partial charge in [-0.25, -0.2) is 9.97 Å². The van der Waals surface area contributed by atoms with Crippen molar-refractivity contribution in [1.29, 1.82) is 0 Å². The fourth-order valence-electron chi connectivity index (χ4n) is 1.33. The van der Waals surface area contributed by atoms with Crippen LogP contribution in [0.2, 0.25) is 5.15 Å². The SMILES string of the molecule is COCCc1ncc2c(Cl)nccn12. The van der Waals surface area contributed by atoms with E-state index >= 15 is 0 Å². The summed E-state index contributed by atoms with van der Waals surface area (Å²) < 4.78 is 6.92. The molecule has 2 aromatic heterocycles. The van der Waals surface area contributed by atoms with E-state index in [1.165, 1.54) is 0 Å². The summed E-state index contributed by atoms with van der Waals surface area (Å²) in [7, 11) is 1.67. The first kappa shape index (κ1) is 9.43. The Morgan fingerprint density at radius 2 is 2.36 bits per heavy atom. The molecule has 14 heavy (non-hydrogen) atoms. The Balaban J connectivity index is 2.42. The topological polar surface area (TPSA) is 39.4 Å². The molecular formula is C9H10ClN3O. The number of ether oxygens (including phenoxy) is 1. The number of fused-ring (bicyclic) bond motifs is 1. The van der Waals surface area contributed by atoms with Crippen molar-refractivity contribution in [2.24, 2.45) is 0 Å². The standard InChI is InChI=1S/C9H10ClN3O/c1-14-5-2-8-12-6-7-9(10)11-3-4-13(7)8/h3-4,6H,2,5H2,1H3. The van der Waals surface area contributed by atoms with E-state index in [2.05, 4.69) is 9.97 Å². The summed E-state index contributed by atoms with van der Waals surface area (Å²) in [5, 5.41) is 0.476. The number of hydrogen-bond acceptors (Lipinski definition) is 3. The minimum absolute atomic E-state index is 0.476. The second-order valence-corrected chi connectivity index (χ2v) is 3.25. The third kappa shape index (κ3) is 1.58. The van der Waals surface area contributed by atoms with Crippen LogP contribution in [0.4, 0.5) is 0 Å². The van der Waals surface area contributed by atoms with Gasteiger partial charge in [-0.05, 0) is 0 Å². The lowest BCUT2D eigenvalue weighted by atomic mass is 10.4. The first-order valence-electron chi connectivity index (χ1n) is 4.28. The third-order valence-electron chi connectivity index (χ3n) is 2.02. The molecular weight excluding hydrogens is 202 g/mol. The molecule has 2 heterocycles. The summed E-state index contributed by atoms with van der Waals surface area (Å²) in [6.07, 6.45) is 6.00. The summed E-state index contributed by atoms with van der Waals surface area (Å²) in [6.45, 7) is 0.652. The highest BCUT2D eigenvalue weighted by atomic mass is 35.5. The minimum atomic E-state index is 0.476. The largest absolute Gasteiger partial charge is 0.384 e. The summed E-state index contributed by atoms with van der Waals surface area (Å²) >= 11 is 5.90. The van der Waals surface area contributed by atoms with Gasteiger partial charge in [-0.2, -0.15) is 0 Å². The van der Waals surface area contributed by atoms with Crippen LogP contribution in [-0.4, -0.2) is 28.1 Å². The number of imidazole rings is 1. The second kappa shape index (κ2) is 3.94. The molecule has 4 nitrogen and oxygen atoms in total. The van der Waals surface area contributed by atoms with Crippen LogP contribution in [-0.2, 0) is 11.2 Å². The molecule has 0 aliphatic carbocycles. The summed E-state index contributed by atoms with van der Waals surface area (Å²) in [4.78, 5) is 8.23. The summed E-state index contributed by atoms with van der Waals surface area (Å²) in [6, 6.07) is 0. The quantitative estimate of drug-likeness (QED) is 0.774. The van der Waals surface area contributed by atoms with Crippen molar-refractivity contribution in [3.8, 4) is 0 Å². The minimum Gasteiger partial charge on any atom is -0.384 e. The Kier molecular flexibility index (Phi) is 2.65. The number of aromatic nitrogens is 3. The zero-order valence-corrected chi connectivity index (χ0v) is 8.53. The molecule has 0 unspecified atom stereocenters. The van der Waals surface area contributed by atoms with Crippen LogP contribution in [0, 0.1) is 0 Å². The van der Waals surface area contributed by atoms with Gasteiger partial charge >= 0.3 is 0 Å². The van der Waals surface area contributed by atoms with Gasteiger partial charge < -0.3 is 4.74 Å². The summed E-state index contributed by atoms with van der Waals surface area (Å²) in [5.74, 6) is 0.936. The molecule has 74 valence electrons.